The van der Waals surface area contributed by atoms with Crippen LogP contribution in [0.25, 0.3) is 11.3 Å². The van der Waals surface area contributed by atoms with Gasteiger partial charge in [-0.2, -0.15) is 4.98 Å². The molecule has 5 nitrogen and oxygen atoms in total. The largest absolute Gasteiger partial charge is 0.494 e. The summed E-state index contributed by atoms with van der Waals surface area (Å²) in [6.07, 6.45) is 2.75. The van der Waals surface area contributed by atoms with E-state index >= 15 is 0 Å². The van der Waals surface area contributed by atoms with Gasteiger partial charge in [-0.05, 0) is 31.0 Å². The Hall–Kier alpha value is -2.08. The van der Waals surface area contributed by atoms with E-state index in [0.29, 0.717) is 23.9 Å². The summed E-state index contributed by atoms with van der Waals surface area (Å²) in [7, 11) is 4.69. The smallest absolute Gasteiger partial charge is 0.296 e. The monoisotopic (exact) mass is 322 g/mol. The highest BCUT2D eigenvalue weighted by molar-refractivity contribution is 5.65. The minimum atomic E-state index is -0.412. The molecule has 0 saturated carbocycles. The third-order valence-electron chi connectivity index (χ3n) is 3.88. The Morgan fingerprint density at radius 1 is 1.22 bits per heavy atom. The van der Waals surface area contributed by atoms with Crippen LogP contribution >= 0.6 is 0 Å². The molecule has 0 aliphatic heterocycles. The van der Waals surface area contributed by atoms with E-state index in [2.05, 4.69) is 11.9 Å². The number of hydrogen-bond acceptors (Lipinski definition) is 4. The SMILES string of the molecule is CCC(COC)n1cc(-c2cc(F)c(OC)cc2C)nc1OC. The maximum Gasteiger partial charge on any atom is 0.296 e. The van der Waals surface area contributed by atoms with E-state index in [0.717, 1.165) is 12.0 Å². The predicted molar refractivity (Wildman–Crippen MR) is 86.7 cm³/mol. The van der Waals surface area contributed by atoms with Gasteiger partial charge in [-0.1, -0.05) is 6.92 Å². The zero-order valence-corrected chi connectivity index (χ0v) is 14.2. The van der Waals surface area contributed by atoms with Crippen molar-refractivity contribution in [1.82, 2.24) is 9.55 Å². The molecule has 6 heteroatoms. The Morgan fingerprint density at radius 2 is 1.96 bits per heavy atom. The lowest BCUT2D eigenvalue weighted by atomic mass is 10.1. The number of aromatic nitrogens is 2. The molecule has 1 unspecified atom stereocenters. The Kier molecular flexibility index (Phi) is 5.60. The van der Waals surface area contributed by atoms with Gasteiger partial charge in [-0.15, -0.1) is 0 Å². The van der Waals surface area contributed by atoms with Crippen LogP contribution in [0.4, 0.5) is 4.39 Å². The minimum Gasteiger partial charge on any atom is -0.494 e. The van der Waals surface area contributed by atoms with Crippen LogP contribution in [0.5, 0.6) is 11.8 Å². The summed E-state index contributed by atoms with van der Waals surface area (Å²) in [4.78, 5) is 4.49. The van der Waals surface area contributed by atoms with Crippen molar-refractivity contribution in [3.05, 3.63) is 29.7 Å². The van der Waals surface area contributed by atoms with Gasteiger partial charge in [0.15, 0.2) is 11.6 Å². The van der Waals surface area contributed by atoms with Gasteiger partial charge in [0, 0.05) is 18.9 Å². The van der Waals surface area contributed by atoms with E-state index in [9.17, 15) is 4.39 Å². The molecule has 0 radical (unpaired) electrons. The number of nitrogens with zero attached hydrogens (tertiary/aromatic N) is 2. The Labute approximate surface area is 136 Å². The van der Waals surface area contributed by atoms with Crippen molar-refractivity contribution in [2.45, 2.75) is 26.3 Å². The first-order chi connectivity index (χ1) is 11.0. The fourth-order valence-corrected chi connectivity index (χ4v) is 2.59. The van der Waals surface area contributed by atoms with Crippen LogP contribution in [0.15, 0.2) is 18.3 Å². The zero-order chi connectivity index (χ0) is 17.0. The van der Waals surface area contributed by atoms with E-state index < -0.39 is 5.82 Å². The topological polar surface area (TPSA) is 45.5 Å². The van der Waals surface area contributed by atoms with Gasteiger partial charge in [0.1, 0.15) is 0 Å². The van der Waals surface area contributed by atoms with E-state index in [1.807, 2.05) is 17.7 Å². The van der Waals surface area contributed by atoms with Crippen LogP contribution in [-0.4, -0.2) is 37.5 Å². The van der Waals surface area contributed by atoms with Crippen LogP contribution in [0.1, 0.15) is 24.9 Å². The van der Waals surface area contributed by atoms with Crippen LogP contribution in [-0.2, 0) is 4.74 Å². The summed E-state index contributed by atoms with van der Waals surface area (Å²) in [5.74, 6) is -0.186. The van der Waals surface area contributed by atoms with Gasteiger partial charge in [-0.3, -0.25) is 4.57 Å². The van der Waals surface area contributed by atoms with E-state index in [4.69, 9.17) is 14.2 Å². The highest BCUT2D eigenvalue weighted by Gasteiger charge is 2.19. The molecule has 0 aliphatic carbocycles. The van der Waals surface area contributed by atoms with Crippen molar-refractivity contribution >= 4 is 0 Å². The highest BCUT2D eigenvalue weighted by atomic mass is 19.1. The van der Waals surface area contributed by atoms with Crippen LogP contribution in [0.3, 0.4) is 0 Å². The van der Waals surface area contributed by atoms with E-state index in [1.165, 1.54) is 13.2 Å². The number of rotatable bonds is 7. The molecule has 0 saturated heterocycles. The van der Waals surface area contributed by atoms with Crippen LogP contribution < -0.4 is 9.47 Å². The lowest BCUT2D eigenvalue weighted by Gasteiger charge is -2.17. The van der Waals surface area contributed by atoms with Crippen molar-refractivity contribution in [1.29, 1.82) is 0 Å². The molecule has 23 heavy (non-hydrogen) atoms. The van der Waals surface area contributed by atoms with Gasteiger partial charge in [0.05, 0.1) is 32.6 Å². The first-order valence-electron chi connectivity index (χ1n) is 7.51. The lowest BCUT2D eigenvalue weighted by molar-refractivity contribution is 0.147. The molecule has 126 valence electrons. The first-order valence-corrected chi connectivity index (χ1v) is 7.51. The Morgan fingerprint density at radius 3 is 2.52 bits per heavy atom. The molecule has 1 heterocycles. The third kappa shape index (κ3) is 3.47. The second kappa shape index (κ2) is 7.46. The number of benzene rings is 1. The molecular formula is C17H23FN2O3. The molecule has 2 aromatic rings. The van der Waals surface area contributed by atoms with Gasteiger partial charge in [0.2, 0.25) is 0 Å². The summed E-state index contributed by atoms with van der Waals surface area (Å²) < 4.78 is 31.6. The fourth-order valence-electron chi connectivity index (χ4n) is 2.59. The van der Waals surface area contributed by atoms with Gasteiger partial charge in [-0.25, -0.2) is 4.39 Å². The molecule has 1 aromatic heterocycles. The number of imidazole rings is 1. The number of hydrogen-bond donors (Lipinski definition) is 0. The molecule has 0 aliphatic rings. The first kappa shape index (κ1) is 17.3. The molecule has 0 spiro atoms. The summed E-state index contributed by atoms with van der Waals surface area (Å²) in [6.45, 7) is 4.52. The van der Waals surface area contributed by atoms with Crippen LogP contribution in [0, 0.1) is 12.7 Å². The normalized spacial score (nSPS) is 12.3. The molecule has 0 bridgehead atoms. The van der Waals surface area contributed by atoms with Crippen molar-refractivity contribution in [3.63, 3.8) is 0 Å². The number of methoxy groups -OCH3 is 3. The maximum atomic E-state index is 14.0. The van der Waals surface area contributed by atoms with Crippen molar-refractivity contribution in [2.24, 2.45) is 0 Å². The standard InChI is InChI=1S/C17H23FN2O3/c1-6-12(10-21-3)20-9-15(19-17(20)23-5)13-8-14(18)16(22-4)7-11(13)2/h7-9,12H,6,10H2,1-5H3. The second-order valence-corrected chi connectivity index (χ2v) is 5.34. The molecule has 0 fully saturated rings. The number of halogens is 1. The van der Waals surface area contributed by atoms with Gasteiger partial charge >= 0.3 is 0 Å². The molecule has 1 atom stereocenters. The second-order valence-electron chi connectivity index (χ2n) is 5.34. The molecule has 1 aromatic carbocycles. The van der Waals surface area contributed by atoms with Gasteiger partial charge < -0.3 is 14.2 Å². The van der Waals surface area contributed by atoms with Crippen molar-refractivity contribution in [2.75, 3.05) is 27.9 Å². The zero-order valence-electron chi connectivity index (χ0n) is 14.2. The maximum absolute atomic E-state index is 14.0. The predicted octanol–water partition coefficient (Wildman–Crippen LogP) is 3.61. The number of aryl methyl sites for hydroxylation is 1. The van der Waals surface area contributed by atoms with Crippen molar-refractivity contribution < 1.29 is 18.6 Å². The fraction of sp³-hybridized carbons (Fsp3) is 0.471. The Bertz CT molecular complexity index is 670. The van der Waals surface area contributed by atoms with E-state index in [-0.39, 0.29) is 11.8 Å². The third-order valence-corrected chi connectivity index (χ3v) is 3.88. The molecule has 0 amide bonds. The average molecular weight is 322 g/mol. The van der Waals surface area contributed by atoms with Crippen LogP contribution in [0.2, 0.25) is 0 Å². The summed E-state index contributed by atoms with van der Waals surface area (Å²) in [5, 5.41) is 0. The van der Waals surface area contributed by atoms with Gasteiger partial charge in [0.25, 0.3) is 6.01 Å². The average Bonchev–Trinajstić information content (AvgIpc) is 2.98. The van der Waals surface area contributed by atoms with Crippen molar-refractivity contribution in [3.8, 4) is 23.0 Å². The quantitative estimate of drug-likeness (QED) is 0.781. The highest BCUT2D eigenvalue weighted by Crippen LogP contribution is 2.32. The number of ether oxygens (including phenoxy) is 3. The molecule has 2 rings (SSSR count). The lowest BCUT2D eigenvalue weighted by Crippen LogP contribution is -2.14. The summed E-state index contributed by atoms with van der Waals surface area (Å²) in [5.41, 5.74) is 2.26. The molecule has 0 N–H and O–H groups in total. The molecular weight excluding hydrogens is 299 g/mol. The minimum absolute atomic E-state index is 0.111. The summed E-state index contributed by atoms with van der Waals surface area (Å²) in [6, 6.07) is 3.71. The summed E-state index contributed by atoms with van der Waals surface area (Å²) >= 11 is 0. The van der Waals surface area contributed by atoms with E-state index in [1.54, 1.807) is 20.3 Å². The Balaban J connectivity index is 2.49.